The number of hydrogen-bond acceptors (Lipinski definition) is 0. The zero-order valence-corrected chi connectivity index (χ0v) is 8.40. The summed E-state index contributed by atoms with van der Waals surface area (Å²) in [6, 6.07) is 0. The van der Waals surface area contributed by atoms with Crippen molar-refractivity contribution in [2.75, 3.05) is 0 Å². The lowest BCUT2D eigenvalue weighted by Gasteiger charge is -1.88. The van der Waals surface area contributed by atoms with Crippen LogP contribution >= 0.6 is 22.6 Å². The predicted octanol–water partition coefficient (Wildman–Crippen LogP) is 3.68. The van der Waals surface area contributed by atoms with Gasteiger partial charge in [0.15, 0.2) is 0 Å². The second-order valence-corrected chi connectivity index (χ2v) is 3.46. The highest BCUT2D eigenvalue weighted by molar-refractivity contribution is 14.1. The molecule has 0 N–H and O–H groups in total. The lowest BCUT2D eigenvalue weighted by molar-refractivity contribution is 1.22. The highest BCUT2D eigenvalue weighted by Gasteiger charge is 1.81. The molecule has 0 rings (SSSR count). The Kier molecular flexibility index (Phi) is 5.15. The van der Waals surface area contributed by atoms with E-state index in [-0.39, 0.29) is 0 Å². The second kappa shape index (κ2) is 5.03. The van der Waals surface area contributed by atoms with E-state index in [1.54, 1.807) is 0 Å². The normalized spacial score (nSPS) is 11.3. The fourth-order valence-electron chi connectivity index (χ4n) is 0.530. The highest BCUT2D eigenvalue weighted by atomic mass is 127. The maximum Gasteiger partial charge on any atom is 0.00892 e. The molecule has 0 aromatic heterocycles. The van der Waals surface area contributed by atoms with Gasteiger partial charge in [-0.05, 0) is 42.9 Å². The van der Waals surface area contributed by atoms with Crippen LogP contribution in [0.2, 0.25) is 0 Å². The maximum atomic E-state index is 2.34. The first-order valence-corrected chi connectivity index (χ1v) is 4.25. The Labute approximate surface area is 71.2 Å². The Hall–Kier alpha value is 0.210. The molecular formula is C8H13I. The van der Waals surface area contributed by atoms with Gasteiger partial charge < -0.3 is 0 Å². The van der Waals surface area contributed by atoms with E-state index in [0.29, 0.717) is 0 Å². The van der Waals surface area contributed by atoms with Crippen LogP contribution in [-0.4, -0.2) is 0 Å². The van der Waals surface area contributed by atoms with Crippen LogP contribution in [0.5, 0.6) is 0 Å². The first-order valence-electron chi connectivity index (χ1n) is 3.17. The molecule has 0 unspecified atom stereocenters. The van der Waals surface area contributed by atoms with Gasteiger partial charge in [-0.25, -0.2) is 0 Å². The van der Waals surface area contributed by atoms with Crippen LogP contribution in [0.4, 0.5) is 0 Å². The molecule has 0 atom stereocenters. The van der Waals surface area contributed by atoms with Crippen LogP contribution < -0.4 is 0 Å². The summed E-state index contributed by atoms with van der Waals surface area (Å²) in [5.41, 5.74) is 1.36. The Bertz CT molecular complexity index is 128. The Balaban J connectivity index is 3.90. The van der Waals surface area contributed by atoms with Crippen molar-refractivity contribution >= 4 is 22.6 Å². The lowest BCUT2D eigenvalue weighted by Crippen LogP contribution is -1.65. The van der Waals surface area contributed by atoms with Crippen LogP contribution in [-0.2, 0) is 0 Å². The topological polar surface area (TPSA) is 0 Å². The smallest absolute Gasteiger partial charge is 0.00892 e. The van der Waals surface area contributed by atoms with E-state index in [1.165, 1.54) is 9.15 Å². The Morgan fingerprint density at radius 1 is 1.44 bits per heavy atom. The standard InChI is InChI=1S/C8H13I/c1-4-5-8(9)6-7(2)3/h5-6H,4H2,1-3H3/b8-5+. The molecule has 0 heterocycles. The molecule has 0 aromatic rings. The van der Waals surface area contributed by atoms with E-state index in [4.69, 9.17) is 0 Å². The van der Waals surface area contributed by atoms with Crippen molar-refractivity contribution in [3.8, 4) is 0 Å². The molecule has 0 amide bonds. The molecule has 0 fully saturated rings. The summed E-state index contributed by atoms with van der Waals surface area (Å²) in [6.07, 6.45) is 5.53. The molecule has 0 saturated heterocycles. The summed E-state index contributed by atoms with van der Waals surface area (Å²) in [4.78, 5) is 0. The molecule has 0 aliphatic heterocycles. The molecule has 0 aromatic carbocycles. The summed E-state index contributed by atoms with van der Waals surface area (Å²) in [5.74, 6) is 0. The molecule has 0 radical (unpaired) electrons. The fraction of sp³-hybridized carbons (Fsp3) is 0.500. The molecule has 0 spiro atoms. The number of halogens is 1. The van der Waals surface area contributed by atoms with Crippen molar-refractivity contribution in [1.82, 2.24) is 0 Å². The third kappa shape index (κ3) is 6.09. The molecular weight excluding hydrogens is 223 g/mol. The van der Waals surface area contributed by atoms with Crippen molar-refractivity contribution < 1.29 is 0 Å². The molecule has 1 heteroatoms. The van der Waals surface area contributed by atoms with Gasteiger partial charge >= 0.3 is 0 Å². The summed E-state index contributed by atoms with van der Waals surface area (Å²) in [5, 5.41) is 0. The minimum atomic E-state index is 1.13. The zero-order valence-electron chi connectivity index (χ0n) is 6.24. The van der Waals surface area contributed by atoms with Gasteiger partial charge in [0.1, 0.15) is 0 Å². The molecule has 0 nitrogen and oxygen atoms in total. The monoisotopic (exact) mass is 236 g/mol. The van der Waals surface area contributed by atoms with Gasteiger partial charge in [-0.2, -0.15) is 0 Å². The number of hydrogen-bond donors (Lipinski definition) is 0. The van der Waals surface area contributed by atoms with E-state index < -0.39 is 0 Å². The third-order valence-corrected chi connectivity index (χ3v) is 1.58. The predicted molar refractivity (Wildman–Crippen MR) is 51.8 cm³/mol. The van der Waals surface area contributed by atoms with Gasteiger partial charge in [0.2, 0.25) is 0 Å². The van der Waals surface area contributed by atoms with Gasteiger partial charge in [0, 0.05) is 3.58 Å². The maximum absolute atomic E-state index is 2.34. The summed E-state index contributed by atoms with van der Waals surface area (Å²) in [7, 11) is 0. The molecule has 0 bridgehead atoms. The molecule has 0 aliphatic carbocycles. The van der Waals surface area contributed by atoms with Gasteiger partial charge in [0.25, 0.3) is 0 Å². The number of rotatable bonds is 2. The zero-order chi connectivity index (χ0) is 7.28. The van der Waals surface area contributed by atoms with Crippen molar-refractivity contribution in [2.24, 2.45) is 0 Å². The van der Waals surface area contributed by atoms with Gasteiger partial charge in [-0.15, -0.1) is 0 Å². The minimum Gasteiger partial charge on any atom is -0.0754 e. The first-order chi connectivity index (χ1) is 4.16. The van der Waals surface area contributed by atoms with Crippen molar-refractivity contribution in [3.05, 3.63) is 21.3 Å². The number of allylic oxidation sites excluding steroid dienone is 4. The van der Waals surface area contributed by atoms with Gasteiger partial charge in [-0.1, -0.05) is 24.6 Å². The summed E-state index contributed by atoms with van der Waals surface area (Å²) in [6.45, 7) is 6.38. The van der Waals surface area contributed by atoms with Crippen molar-refractivity contribution in [2.45, 2.75) is 27.2 Å². The largest absolute Gasteiger partial charge is 0.0754 e. The minimum absolute atomic E-state index is 1.13. The second-order valence-electron chi connectivity index (χ2n) is 2.22. The molecule has 0 aliphatic rings. The summed E-state index contributed by atoms with van der Waals surface area (Å²) < 4.78 is 1.34. The molecule has 52 valence electrons. The van der Waals surface area contributed by atoms with E-state index >= 15 is 0 Å². The van der Waals surface area contributed by atoms with E-state index in [0.717, 1.165) is 6.42 Å². The highest BCUT2D eigenvalue weighted by Crippen LogP contribution is 2.10. The van der Waals surface area contributed by atoms with Crippen molar-refractivity contribution in [1.29, 1.82) is 0 Å². The van der Waals surface area contributed by atoms with Crippen LogP contribution in [0.25, 0.3) is 0 Å². The van der Waals surface area contributed by atoms with Crippen LogP contribution in [0.1, 0.15) is 27.2 Å². The average molecular weight is 236 g/mol. The van der Waals surface area contributed by atoms with Crippen LogP contribution in [0, 0.1) is 0 Å². The molecule has 9 heavy (non-hydrogen) atoms. The summed E-state index contributed by atoms with van der Waals surface area (Å²) >= 11 is 2.34. The third-order valence-electron chi connectivity index (χ3n) is 0.826. The van der Waals surface area contributed by atoms with Crippen LogP contribution in [0.3, 0.4) is 0 Å². The first kappa shape index (κ1) is 9.21. The molecule has 0 saturated carbocycles. The lowest BCUT2D eigenvalue weighted by atomic mass is 10.3. The Morgan fingerprint density at radius 3 is 2.33 bits per heavy atom. The Morgan fingerprint density at radius 2 is 2.00 bits per heavy atom. The quantitative estimate of drug-likeness (QED) is 0.506. The SMILES string of the molecule is CC/C=C(/I)C=C(C)C. The van der Waals surface area contributed by atoms with E-state index in [1.807, 2.05) is 0 Å². The van der Waals surface area contributed by atoms with E-state index in [9.17, 15) is 0 Å². The van der Waals surface area contributed by atoms with Crippen LogP contribution in [0.15, 0.2) is 21.3 Å². The fourth-order valence-corrected chi connectivity index (χ4v) is 1.59. The van der Waals surface area contributed by atoms with Crippen molar-refractivity contribution in [3.63, 3.8) is 0 Å². The van der Waals surface area contributed by atoms with Gasteiger partial charge in [0.05, 0.1) is 0 Å². The average Bonchev–Trinajstić information content (AvgIpc) is 1.63. The van der Waals surface area contributed by atoms with E-state index in [2.05, 4.69) is 55.5 Å². The van der Waals surface area contributed by atoms with Gasteiger partial charge in [-0.3, -0.25) is 0 Å².